The molecular weight excluding hydrogens is 434 g/mol. The Morgan fingerprint density at radius 1 is 1.10 bits per heavy atom. The van der Waals surface area contributed by atoms with E-state index < -0.39 is 10.0 Å². The number of ether oxygens (including phenoxy) is 1. The van der Waals surface area contributed by atoms with E-state index in [2.05, 4.69) is 4.90 Å². The second-order valence-electron chi connectivity index (χ2n) is 7.98. The molecule has 2 fully saturated rings. The third-order valence-electron chi connectivity index (χ3n) is 5.82. The molecule has 2 saturated heterocycles. The van der Waals surface area contributed by atoms with Gasteiger partial charge in [-0.3, -0.25) is 4.79 Å². The van der Waals surface area contributed by atoms with Gasteiger partial charge in [0.05, 0.1) is 30.2 Å². The number of nitrogens with zero attached hydrogens (tertiary/aromatic N) is 3. The molecule has 1 aromatic carbocycles. The molecule has 7 nitrogen and oxygen atoms in total. The summed E-state index contributed by atoms with van der Waals surface area (Å²) in [6, 6.07) is 8.99. The van der Waals surface area contributed by atoms with Gasteiger partial charge in [-0.05, 0) is 48.9 Å². The summed E-state index contributed by atoms with van der Waals surface area (Å²) in [7, 11) is -1.91. The number of piperidine rings is 1. The largest absolute Gasteiger partial charge is 0.379 e. The van der Waals surface area contributed by atoms with E-state index in [0.717, 1.165) is 36.5 Å². The first-order valence-electron chi connectivity index (χ1n) is 10.7. The Hall–Kier alpha value is -1.94. The number of morpholine rings is 1. The van der Waals surface area contributed by atoms with Crippen molar-refractivity contribution in [3.05, 3.63) is 46.2 Å². The predicted octanol–water partition coefficient (Wildman–Crippen LogP) is 3.03. The number of amides is 1. The number of hydrogen-bond acceptors (Lipinski definition) is 6. The molecule has 0 spiro atoms. The Morgan fingerprint density at radius 3 is 2.52 bits per heavy atom. The van der Waals surface area contributed by atoms with Crippen LogP contribution in [0.15, 0.2) is 40.6 Å². The van der Waals surface area contributed by atoms with Crippen LogP contribution in [0.2, 0.25) is 0 Å². The van der Waals surface area contributed by atoms with E-state index in [-0.39, 0.29) is 10.8 Å². The molecule has 3 heterocycles. The lowest BCUT2D eigenvalue weighted by Gasteiger charge is -2.32. The number of rotatable bonds is 6. The van der Waals surface area contributed by atoms with Gasteiger partial charge in [-0.1, -0.05) is 6.07 Å². The zero-order valence-electron chi connectivity index (χ0n) is 17.8. The molecule has 0 bridgehead atoms. The van der Waals surface area contributed by atoms with Crippen molar-refractivity contribution in [1.29, 1.82) is 0 Å². The van der Waals surface area contributed by atoms with Crippen LogP contribution in [0.5, 0.6) is 0 Å². The number of carbonyl (C=O) groups is 1. The van der Waals surface area contributed by atoms with Crippen molar-refractivity contribution in [2.75, 3.05) is 51.3 Å². The molecule has 0 aliphatic carbocycles. The zero-order chi connectivity index (χ0) is 21.8. The van der Waals surface area contributed by atoms with E-state index in [4.69, 9.17) is 4.74 Å². The minimum atomic E-state index is -3.68. The molecule has 0 saturated carbocycles. The molecule has 0 N–H and O–H groups in total. The van der Waals surface area contributed by atoms with Gasteiger partial charge in [-0.25, -0.2) is 8.42 Å². The first kappa shape index (κ1) is 22.3. The van der Waals surface area contributed by atoms with Crippen molar-refractivity contribution < 1.29 is 17.9 Å². The molecule has 0 unspecified atom stereocenters. The van der Waals surface area contributed by atoms with E-state index in [9.17, 15) is 13.2 Å². The van der Waals surface area contributed by atoms with Crippen LogP contribution in [-0.2, 0) is 21.3 Å². The van der Waals surface area contributed by atoms with Gasteiger partial charge in [-0.2, -0.15) is 4.31 Å². The average Bonchev–Trinajstić information content (AvgIpc) is 3.32. The van der Waals surface area contributed by atoms with E-state index in [1.807, 2.05) is 23.6 Å². The van der Waals surface area contributed by atoms with Gasteiger partial charge in [0, 0.05) is 43.8 Å². The van der Waals surface area contributed by atoms with Crippen LogP contribution in [0.3, 0.4) is 0 Å². The molecule has 9 heteroatoms. The zero-order valence-corrected chi connectivity index (χ0v) is 19.5. The lowest BCUT2D eigenvalue weighted by molar-refractivity contribution is 0.0730. The molecule has 1 aromatic heterocycles. The van der Waals surface area contributed by atoms with Crippen molar-refractivity contribution >= 4 is 33.0 Å². The Labute approximate surface area is 188 Å². The summed E-state index contributed by atoms with van der Waals surface area (Å²) < 4.78 is 33.2. The molecule has 1 amide bonds. The first-order chi connectivity index (χ1) is 15.0. The smallest absolute Gasteiger partial charge is 0.256 e. The highest BCUT2D eigenvalue weighted by molar-refractivity contribution is 7.89. The molecule has 4 rings (SSSR count). The molecule has 2 aromatic rings. The van der Waals surface area contributed by atoms with Crippen LogP contribution in [0.1, 0.15) is 34.5 Å². The van der Waals surface area contributed by atoms with Crippen LogP contribution in [0.4, 0.5) is 5.69 Å². The molecule has 2 aliphatic rings. The van der Waals surface area contributed by atoms with Crippen molar-refractivity contribution in [3.63, 3.8) is 0 Å². The fourth-order valence-electron chi connectivity index (χ4n) is 4.11. The Morgan fingerprint density at radius 2 is 1.84 bits per heavy atom. The standard InChI is InChI=1S/C22H29N3O4S2/c1-23(17-18-6-5-15-30-18)22(26)20-16-19(31(27,28)25-11-13-29-14-12-25)7-8-21(20)24-9-3-2-4-10-24/h5-8,15-16H,2-4,9-14,17H2,1H3. The third-order valence-corrected chi connectivity index (χ3v) is 8.58. The fourth-order valence-corrected chi connectivity index (χ4v) is 6.30. The van der Waals surface area contributed by atoms with E-state index >= 15 is 0 Å². The van der Waals surface area contributed by atoms with Crippen molar-refractivity contribution in [2.45, 2.75) is 30.7 Å². The second-order valence-corrected chi connectivity index (χ2v) is 11.0. The molecule has 168 valence electrons. The summed E-state index contributed by atoms with van der Waals surface area (Å²) in [4.78, 5) is 18.6. The fraction of sp³-hybridized carbons (Fsp3) is 0.500. The third kappa shape index (κ3) is 4.95. The van der Waals surface area contributed by atoms with Crippen molar-refractivity contribution in [1.82, 2.24) is 9.21 Å². The molecule has 0 radical (unpaired) electrons. The van der Waals surface area contributed by atoms with Crippen LogP contribution in [0, 0.1) is 0 Å². The summed E-state index contributed by atoms with van der Waals surface area (Å²) in [6.45, 7) is 3.70. The maximum absolute atomic E-state index is 13.5. The Bertz CT molecular complexity index is 996. The Kier molecular flexibility index (Phi) is 6.95. The van der Waals surface area contributed by atoms with E-state index in [1.165, 1.54) is 10.7 Å². The van der Waals surface area contributed by atoms with Crippen molar-refractivity contribution in [3.8, 4) is 0 Å². The highest BCUT2D eigenvalue weighted by atomic mass is 32.2. The first-order valence-corrected chi connectivity index (χ1v) is 13.0. The number of carbonyl (C=O) groups excluding carboxylic acids is 1. The lowest BCUT2D eigenvalue weighted by Crippen LogP contribution is -2.40. The van der Waals surface area contributed by atoms with Crippen LogP contribution in [0.25, 0.3) is 0 Å². The highest BCUT2D eigenvalue weighted by Gasteiger charge is 2.29. The second kappa shape index (κ2) is 9.68. The maximum Gasteiger partial charge on any atom is 0.256 e. The molecule has 0 atom stereocenters. The summed E-state index contributed by atoms with van der Waals surface area (Å²) >= 11 is 1.60. The number of hydrogen-bond donors (Lipinski definition) is 0. The van der Waals surface area contributed by atoms with Crippen LogP contribution < -0.4 is 4.90 Å². The van der Waals surface area contributed by atoms with Crippen molar-refractivity contribution in [2.24, 2.45) is 0 Å². The highest BCUT2D eigenvalue weighted by Crippen LogP contribution is 2.30. The minimum absolute atomic E-state index is 0.159. The summed E-state index contributed by atoms with van der Waals surface area (Å²) in [5.74, 6) is -0.159. The molecular formula is C22H29N3O4S2. The van der Waals surface area contributed by atoms with Gasteiger partial charge >= 0.3 is 0 Å². The number of anilines is 1. The van der Waals surface area contributed by atoms with Crippen LogP contribution in [-0.4, -0.2) is 70.0 Å². The maximum atomic E-state index is 13.5. The predicted molar refractivity (Wildman–Crippen MR) is 122 cm³/mol. The van der Waals surface area contributed by atoms with E-state index in [1.54, 1.807) is 35.4 Å². The summed E-state index contributed by atoms with van der Waals surface area (Å²) in [5, 5.41) is 1.99. The van der Waals surface area contributed by atoms with Gasteiger partial charge in [0.25, 0.3) is 5.91 Å². The van der Waals surface area contributed by atoms with Gasteiger partial charge in [0.2, 0.25) is 10.0 Å². The normalized spacial score (nSPS) is 18.2. The molecule has 2 aliphatic heterocycles. The summed E-state index contributed by atoms with van der Waals surface area (Å²) in [6.07, 6.45) is 3.33. The average molecular weight is 464 g/mol. The van der Waals surface area contributed by atoms with Crippen LogP contribution >= 0.6 is 11.3 Å². The van der Waals surface area contributed by atoms with E-state index in [0.29, 0.717) is 38.4 Å². The minimum Gasteiger partial charge on any atom is -0.379 e. The summed E-state index contributed by atoms with van der Waals surface area (Å²) in [5.41, 5.74) is 1.28. The number of benzene rings is 1. The Balaban J connectivity index is 1.68. The lowest BCUT2D eigenvalue weighted by atomic mass is 10.1. The number of thiophene rings is 1. The van der Waals surface area contributed by atoms with Gasteiger partial charge in [0.1, 0.15) is 0 Å². The van der Waals surface area contributed by atoms with Gasteiger partial charge in [0.15, 0.2) is 0 Å². The topological polar surface area (TPSA) is 70.2 Å². The monoisotopic (exact) mass is 463 g/mol. The molecule has 31 heavy (non-hydrogen) atoms. The van der Waals surface area contributed by atoms with Gasteiger partial charge in [-0.15, -0.1) is 11.3 Å². The van der Waals surface area contributed by atoms with Gasteiger partial charge < -0.3 is 14.5 Å². The SMILES string of the molecule is CN(Cc1cccs1)C(=O)c1cc(S(=O)(=O)N2CCOCC2)ccc1N1CCCCC1. The number of sulfonamides is 1. The quantitative estimate of drug-likeness (QED) is 0.659.